The molecule has 1 heterocycles. The van der Waals surface area contributed by atoms with Gasteiger partial charge in [-0.15, -0.1) is 0 Å². The summed E-state index contributed by atoms with van der Waals surface area (Å²) in [7, 11) is 1.67. The van der Waals surface area contributed by atoms with Crippen molar-refractivity contribution >= 4 is 0 Å². The summed E-state index contributed by atoms with van der Waals surface area (Å²) < 4.78 is 11.6. The molecule has 0 N–H and O–H groups in total. The van der Waals surface area contributed by atoms with Crippen LogP contribution in [0, 0.1) is 11.3 Å². The number of rotatable bonds is 5. The fourth-order valence-electron chi connectivity index (χ4n) is 3.68. The van der Waals surface area contributed by atoms with Gasteiger partial charge >= 0.3 is 0 Å². The van der Waals surface area contributed by atoms with E-state index in [0.29, 0.717) is 0 Å². The molecule has 0 aromatic heterocycles. The summed E-state index contributed by atoms with van der Waals surface area (Å²) in [6, 6.07) is 8.24. The van der Waals surface area contributed by atoms with Gasteiger partial charge in [0.15, 0.2) is 11.5 Å². The Bertz CT molecular complexity index is 555. The molecule has 1 saturated heterocycles. The van der Waals surface area contributed by atoms with Gasteiger partial charge in [0.25, 0.3) is 0 Å². The molecule has 1 aliphatic heterocycles. The highest BCUT2D eigenvalue weighted by molar-refractivity contribution is 5.45. The molecular formula is C19H26N2O2. The van der Waals surface area contributed by atoms with Crippen molar-refractivity contribution in [3.63, 3.8) is 0 Å². The lowest BCUT2D eigenvalue weighted by atomic mass is 10.0. The molecule has 23 heavy (non-hydrogen) atoms. The summed E-state index contributed by atoms with van der Waals surface area (Å²) in [5.41, 5.74) is 1.02. The van der Waals surface area contributed by atoms with Crippen molar-refractivity contribution in [3.8, 4) is 17.6 Å². The van der Waals surface area contributed by atoms with Crippen LogP contribution < -0.4 is 9.47 Å². The second kappa shape index (κ2) is 7.70. The molecule has 1 aromatic carbocycles. The van der Waals surface area contributed by atoms with E-state index in [2.05, 4.69) is 11.0 Å². The number of hydrogen-bond donors (Lipinski definition) is 0. The molecule has 4 heteroatoms. The number of nitriles is 1. The standard InChI is InChI=1S/C19H26N2O2/c1-22-18-10-9-15(13-19(18)23-16-7-3-4-8-16)17(14-20)21-11-5-2-6-12-21/h9-10,13,16-17H,2-8,11-12H2,1H3. The fourth-order valence-corrected chi connectivity index (χ4v) is 3.68. The number of piperidine rings is 1. The number of likely N-dealkylation sites (tertiary alicyclic amines) is 1. The molecule has 0 bridgehead atoms. The molecule has 1 atom stereocenters. The molecule has 0 radical (unpaired) electrons. The third-order valence-electron chi connectivity index (χ3n) is 4.98. The molecule has 2 aliphatic rings. The Balaban J connectivity index is 1.81. The predicted octanol–water partition coefficient (Wildman–Crippen LogP) is 4.07. The lowest BCUT2D eigenvalue weighted by Crippen LogP contribution is -2.33. The minimum atomic E-state index is -0.188. The summed E-state index contributed by atoms with van der Waals surface area (Å²) in [5.74, 6) is 1.55. The second-order valence-corrected chi connectivity index (χ2v) is 6.56. The highest BCUT2D eigenvalue weighted by atomic mass is 16.5. The van der Waals surface area contributed by atoms with Crippen LogP contribution in [-0.2, 0) is 0 Å². The number of nitrogens with zero attached hydrogens (tertiary/aromatic N) is 2. The van der Waals surface area contributed by atoms with Crippen molar-refractivity contribution in [1.29, 1.82) is 5.26 Å². The van der Waals surface area contributed by atoms with Gasteiger partial charge in [0.2, 0.25) is 0 Å². The van der Waals surface area contributed by atoms with E-state index in [9.17, 15) is 5.26 Å². The highest BCUT2D eigenvalue weighted by Crippen LogP contribution is 2.35. The van der Waals surface area contributed by atoms with Crippen LogP contribution in [0.2, 0.25) is 0 Å². The molecule has 1 saturated carbocycles. The van der Waals surface area contributed by atoms with Crippen LogP contribution in [0.3, 0.4) is 0 Å². The van der Waals surface area contributed by atoms with Crippen LogP contribution >= 0.6 is 0 Å². The number of hydrogen-bond acceptors (Lipinski definition) is 4. The molecule has 1 aromatic rings. The largest absolute Gasteiger partial charge is 0.493 e. The van der Waals surface area contributed by atoms with Crippen LogP contribution in [0.4, 0.5) is 0 Å². The van der Waals surface area contributed by atoms with Crippen molar-refractivity contribution in [2.75, 3.05) is 20.2 Å². The summed E-state index contributed by atoms with van der Waals surface area (Å²) >= 11 is 0. The maximum atomic E-state index is 9.67. The van der Waals surface area contributed by atoms with Crippen molar-refractivity contribution < 1.29 is 9.47 Å². The van der Waals surface area contributed by atoms with E-state index in [-0.39, 0.29) is 12.1 Å². The summed E-state index contributed by atoms with van der Waals surface area (Å²) in [6.45, 7) is 2.01. The zero-order valence-electron chi connectivity index (χ0n) is 14.0. The van der Waals surface area contributed by atoms with E-state index >= 15 is 0 Å². The normalized spacial score (nSPS) is 20.9. The highest BCUT2D eigenvalue weighted by Gasteiger charge is 2.24. The summed E-state index contributed by atoms with van der Waals surface area (Å²) in [6.07, 6.45) is 8.62. The monoisotopic (exact) mass is 314 g/mol. The Kier molecular flexibility index (Phi) is 5.40. The Morgan fingerprint density at radius 3 is 2.48 bits per heavy atom. The van der Waals surface area contributed by atoms with Crippen molar-refractivity contribution in [3.05, 3.63) is 23.8 Å². The van der Waals surface area contributed by atoms with Gasteiger partial charge in [0, 0.05) is 0 Å². The molecule has 1 unspecified atom stereocenters. The molecule has 2 fully saturated rings. The first-order chi connectivity index (χ1) is 11.3. The van der Waals surface area contributed by atoms with E-state index in [0.717, 1.165) is 43.0 Å². The topological polar surface area (TPSA) is 45.5 Å². The number of ether oxygens (including phenoxy) is 2. The first kappa shape index (κ1) is 16.1. The van der Waals surface area contributed by atoms with E-state index in [1.54, 1.807) is 7.11 Å². The minimum Gasteiger partial charge on any atom is -0.493 e. The summed E-state index contributed by atoms with van der Waals surface area (Å²) in [4.78, 5) is 2.28. The van der Waals surface area contributed by atoms with Crippen LogP contribution in [0.15, 0.2) is 18.2 Å². The quantitative estimate of drug-likeness (QED) is 0.822. The first-order valence-corrected chi connectivity index (χ1v) is 8.80. The molecule has 3 rings (SSSR count). The molecule has 0 amide bonds. The Labute approximate surface area is 139 Å². The van der Waals surface area contributed by atoms with E-state index in [1.807, 2.05) is 18.2 Å². The van der Waals surface area contributed by atoms with Gasteiger partial charge in [-0.25, -0.2) is 0 Å². The van der Waals surface area contributed by atoms with Gasteiger partial charge in [-0.3, -0.25) is 4.90 Å². The lowest BCUT2D eigenvalue weighted by Gasteiger charge is -2.31. The zero-order chi connectivity index (χ0) is 16.1. The Hall–Kier alpha value is -1.73. The van der Waals surface area contributed by atoms with Gasteiger partial charge in [0.05, 0.1) is 19.3 Å². The second-order valence-electron chi connectivity index (χ2n) is 6.56. The molecule has 4 nitrogen and oxygen atoms in total. The minimum absolute atomic E-state index is 0.188. The fraction of sp³-hybridized carbons (Fsp3) is 0.632. The van der Waals surface area contributed by atoms with E-state index in [4.69, 9.17) is 9.47 Å². The third kappa shape index (κ3) is 3.79. The van der Waals surface area contributed by atoms with E-state index < -0.39 is 0 Å². The molecule has 0 spiro atoms. The van der Waals surface area contributed by atoms with Gasteiger partial charge in [0.1, 0.15) is 6.04 Å². The SMILES string of the molecule is COc1ccc(C(C#N)N2CCCCC2)cc1OC1CCCC1. The maximum absolute atomic E-state index is 9.67. The van der Waals surface area contributed by atoms with Crippen LogP contribution in [-0.4, -0.2) is 31.2 Å². The maximum Gasteiger partial charge on any atom is 0.161 e. The van der Waals surface area contributed by atoms with Gasteiger partial charge < -0.3 is 9.47 Å². The molecule has 124 valence electrons. The predicted molar refractivity (Wildman–Crippen MR) is 89.7 cm³/mol. The number of benzene rings is 1. The average Bonchev–Trinajstić information content (AvgIpc) is 3.10. The van der Waals surface area contributed by atoms with Crippen LogP contribution in [0.5, 0.6) is 11.5 Å². The van der Waals surface area contributed by atoms with Crippen LogP contribution in [0.25, 0.3) is 0 Å². The van der Waals surface area contributed by atoms with Crippen LogP contribution in [0.1, 0.15) is 56.6 Å². The number of methoxy groups -OCH3 is 1. The third-order valence-corrected chi connectivity index (χ3v) is 4.98. The molecular weight excluding hydrogens is 288 g/mol. The van der Waals surface area contributed by atoms with Gasteiger partial charge in [-0.1, -0.05) is 12.5 Å². The molecule has 1 aliphatic carbocycles. The van der Waals surface area contributed by atoms with Gasteiger partial charge in [-0.2, -0.15) is 5.26 Å². The zero-order valence-corrected chi connectivity index (χ0v) is 14.0. The average molecular weight is 314 g/mol. The smallest absolute Gasteiger partial charge is 0.161 e. The van der Waals surface area contributed by atoms with E-state index in [1.165, 1.54) is 32.1 Å². The van der Waals surface area contributed by atoms with Gasteiger partial charge in [-0.05, 0) is 69.3 Å². The van der Waals surface area contributed by atoms with Crippen molar-refractivity contribution in [2.24, 2.45) is 0 Å². The lowest BCUT2D eigenvalue weighted by molar-refractivity contribution is 0.191. The Morgan fingerprint density at radius 2 is 1.83 bits per heavy atom. The summed E-state index contributed by atoms with van der Waals surface area (Å²) in [5, 5.41) is 9.67. The van der Waals surface area contributed by atoms with Crippen molar-refractivity contribution in [2.45, 2.75) is 57.1 Å². The Morgan fingerprint density at radius 1 is 1.09 bits per heavy atom. The van der Waals surface area contributed by atoms with Crippen molar-refractivity contribution in [1.82, 2.24) is 4.90 Å². The first-order valence-electron chi connectivity index (χ1n) is 8.80.